The van der Waals surface area contributed by atoms with E-state index in [0.29, 0.717) is 30.4 Å². The maximum absolute atomic E-state index is 11.6. The lowest BCUT2D eigenvalue weighted by molar-refractivity contribution is -0.149. The van der Waals surface area contributed by atoms with E-state index in [1.54, 1.807) is 30.5 Å². The van der Waals surface area contributed by atoms with Gasteiger partial charge in [-0.1, -0.05) is 41.9 Å². The van der Waals surface area contributed by atoms with Crippen molar-refractivity contribution in [3.05, 3.63) is 89.3 Å². The van der Waals surface area contributed by atoms with Crippen molar-refractivity contribution in [2.75, 3.05) is 13.2 Å². The zero-order chi connectivity index (χ0) is 20.5. The SMILES string of the molecule is CC(=O)O[C@H](COc1ccc(Cl)cc1)CN(Cc1ccccc1)Cc1ccco1. The van der Waals surface area contributed by atoms with Gasteiger partial charge in [0.25, 0.3) is 0 Å². The van der Waals surface area contributed by atoms with Crippen LogP contribution >= 0.6 is 11.6 Å². The van der Waals surface area contributed by atoms with Gasteiger partial charge in [0.05, 0.1) is 12.8 Å². The molecule has 0 saturated heterocycles. The van der Waals surface area contributed by atoms with Crippen LogP contribution in [0.1, 0.15) is 18.2 Å². The van der Waals surface area contributed by atoms with E-state index in [1.165, 1.54) is 12.5 Å². The monoisotopic (exact) mass is 413 g/mol. The number of carbonyl (C=O) groups is 1. The van der Waals surface area contributed by atoms with E-state index < -0.39 is 6.10 Å². The predicted octanol–water partition coefficient (Wildman–Crippen LogP) is 4.95. The summed E-state index contributed by atoms with van der Waals surface area (Å²) in [6.45, 7) is 3.44. The lowest BCUT2D eigenvalue weighted by atomic mass is 10.2. The van der Waals surface area contributed by atoms with Crippen molar-refractivity contribution in [2.24, 2.45) is 0 Å². The number of furan rings is 1. The molecule has 0 amide bonds. The summed E-state index contributed by atoms with van der Waals surface area (Å²) in [5.41, 5.74) is 1.17. The molecule has 0 aliphatic carbocycles. The molecule has 0 saturated carbocycles. The number of hydrogen-bond acceptors (Lipinski definition) is 5. The second-order valence-corrected chi connectivity index (χ2v) is 7.17. The molecule has 0 bridgehead atoms. The first-order valence-corrected chi connectivity index (χ1v) is 9.80. The molecule has 152 valence electrons. The molecule has 0 aliphatic rings. The smallest absolute Gasteiger partial charge is 0.303 e. The van der Waals surface area contributed by atoms with Gasteiger partial charge in [0.2, 0.25) is 0 Å². The maximum Gasteiger partial charge on any atom is 0.303 e. The summed E-state index contributed by atoms with van der Waals surface area (Å²) >= 11 is 5.92. The molecule has 1 atom stereocenters. The molecule has 0 fully saturated rings. The van der Waals surface area contributed by atoms with E-state index in [4.69, 9.17) is 25.5 Å². The summed E-state index contributed by atoms with van der Waals surface area (Å²) in [6, 6.07) is 21.0. The molecule has 0 unspecified atom stereocenters. The fraction of sp³-hybridized carbons (Fsp3) is 0.261. The van der Waals surface area contributed by atoms with Crippen molar-refractivity contribution < 1.29 is 18.7 Å². The normalized spacial score (nSPS) is 12.0. The van der Waals surface area contributed by atoms with Crippen LogP contribution in [-0.2, 0) is 22.6 Å². The number of halogens is 1. The Labute approximate surface area is 175 Å². The first-order chi connectivity index (χ1) is 14.1. The van der Waals surface area contributed by atoms with Gasteiger partial charge in [0.1, 0.15) is 24.2 Å². The molecule has 2 aromatic carbocycles. The third-order valence-corrected chi connectivity index (χ3v) is 4.50. The highest BCUT2D eigenvalue weighted by molar-refractivity contribution is 6.30. The molecule has 0 aliphatic heterocycles. The third kappa shape index (κ3) is 7.29. The van der Waals surface area contributed by atoms with Crippen LogP contribution in [-0.4, -0.2) is 30.1 Å². The average molecular weight is 414 g/mol. The quantitative estimate of drug-likeness (QED) is 0.440. The van der Waals surface area contributed by atoms with Gasteiger partial charge in [0.15, 0.2) is 0 Å². The molecular weight excluding hydrogens is 390 g/mol. The molecule has 0 N–H and O–H groups in total. The highest BCUT2D eigenvalue weighted by Crippen LogP contribution is 2.17. The van der Waals surface area contributed by atoms with E-state index in [2.05, 4.69) is 17.0 Å². The van der Waals surface area contributed by atoms with Gasteiger partial charge in [-0.25, -0.2) is 0 Å². The Kier molecular flexibility index (Phi) is 7.73. The minimum absolute atomic E-state index is 0.241. The Bertz CT molecular complexity index is 866. The van der Waals surface area contributed by atoms with Crippen LogP contribution in [0.5, 0.6) is 5.75 Å². The zero-order valence-corrected chi connectivity index (χ0v) is 17.0. The lowest BCUT2D eigenvalue weighted by Crippen LogP contribution is -2.37. The van der Waals surface area contributed by atoms with E-state index in [0.717, 1.165) is 5.76 Å². The van der Waals surface area contributed by atoms with Crippen molar-refractivity contribution in [2.45, 2.75) is 26.1 Å². The highest BCUT2D eigenvalue weighted by atomic mass is 35.5. The van der Waals surface area contributed by atoms with Crippen LogP contribution < -0.4 is 4.74 Å². The van der Waals surface area contributed by atoms with Crippen LogP contribution in [0, 0.1) is 0 Å². The highest BCUT2D eigenvalue weighted by Gasteiger charge is 2.19. The summed E-state index contributed by atoms with van der Waals surface area (Å²) in [7, 11) is 0. The minimum Gasteiger partial charge on any atom is -0.490 e. The Morgan fingerprint density at radius 1 is 1.03 bits per heavy atom. The third-order valence-electron chi connectivity index (χ3n) is 4.25. The van der Waals surface area contributed by atoms with Gasteiger partial charge in [-0.15, -0.1) is 0 Å². The summed E-state index contributed by atoms with van der Waals surface area (Å²) < 4.78 is 16.9. The number of benzene rings is 2. The minimum atomic E-state index is -0.429. The predicted molar refractivity (Wildman–Crippen MR) is 112 cm³/mol. The van der Waals surface area contributed by atoms with E-state index in [-0.39, 0.29) is 12.6 Å². The first kappa shape index (κ1) is 21.0. The largest absolute Gasteiger partial charge is 0.490 e. The Morgan fingerprint density at radius 3 is 2.45 bits per heavy atom. The van der Waals surface area contributed by atoms with Crippen molar-refractivity contribution >= 4 is 17.6 Å². The van der Waals surface area contributed by atoms with Crippen LogP contribution in [0.4, 0.5) is 0 Å². The fourth-order valence-corrected chi connectivity index (χ4v) is 3.14. The number of esters is 1. The van der Waals surface area contributed by atoms with Crippen LogP contribution in [0.15, 0.2) is 77.4 Å². The fourth-order valence-electron chi connectivity index (χ4n) is 3.02. The molecule has 0 radical (unpaired) electrons. The number of carbonyl (C=O) groups excluding carboxylic acids is 1. The van der Waals surface area contributed by atoms with Crippen molar-refractivity contribution in [1.29, 1.82) is 0 Å². The summed E-state index contributed by atoms with van der Waals surface area (Å²) in [4.78, 5) is 13.8. The van der Waals surface area contributed by atoms with Gasteiger partial charge in [-0.2, -0.15) is 0 Å². The Balaban J connectivity index is 1.68. The van der Waals surface area contributed by atoms with E-state index in [9.17, 15) is 4.79 Å². The molecule has 1 heterocycles. The second kappa shape index (κ2) is 10.7. The topological polar surface area (TPSA) is 51.9 Å². The molecule has 1 aromatic heterocycles. The lowest BCUT2D eigenvalue weighted by Gasteiger charge is -2.27. The van der Waals surface area contributed by atoms with E-state index in [1.807, 2.05) is 30.3 Å². The molecular formula is C23H24ClNO4. The van der Waals surface area contributed by atoms with Gasteiger partial charge >= 0.3 is 5.97 Å². The van der Waals surface area contributed by atoms with Crippen LogP contribution in [0.3, 0.4) is 0 Å². The van der Waals surface area contributed by atoms with Gasteiger partial charge in [-0.3, -0.25) is 9.69 Å². The van der Waals surface area contributed by atoms with Crippen molar-refractivity contribution in [3.63, 3.8) is 0 Å². The molecule has 3 rings (SSSR count). The molecule has 5 nitrogen and oxygen atoms in total. The second-order valence-electron chi connectivity index (χ2n) is 6.73. The number of hydrogen-bond donors (Lipinski definition) is 0. The number of rotatable bonds is 10. The van der Waals surface area contributed by atoms with Crippen LogP contribution in [0.2, 0.25) is 5.02 Å². The Hall–Kier alpha value is -2.76. The van der Waals surface area contributed by atoms with E-state index >= 15 is 0 Å². The maximum atomic E-state index is 11.6. The van der Waals surface area contributed by atoms with Crippen LogP contribution in [0.25, 0.3) is 0 Å². The standard InChI is InChI=1S/C23H24ClNO4/c1-18(26)29-23(17-28-21-11-9-20(24)10-12-21)16-25(15-22-8-5-13-27-22)14-19-6-3-2-4-7-19/h2-13,23H,14-17H2,1H3/t23-/m0/s1. The average Bonchev–Trinajstić information content (AvgIpc) is 3.21. The van der Waals surface area contributed by atoms with Gasteiger partial charge in [0, 0.05) is 25.0 Å². The van der Waals surface area contributed by atoms with Crippen molar-refractivity contribution in [1.82, 2.24) is 4.90 Å². The summed E-state index contributed by atoms with van der Waals surface area (Å²) in [6.07, 6.45) is 1.23. The first-order valence-electron chi connectivity index (χ1n) is 9.43. The molecule has 0 spiro atoms. The van der Waals surface area contributed by atoms with Crippen molar-refractivity contribution in [3.8, 4) is 5.75 Å². The van der Waals surface area contributed by atoms with Gasteiger partial charge in [-0.05, 0) is 42.0 Å². The Morgan fingerprint density at radius 2 is 1.79 bits per heavy atom. The number of ether oxygens (including phenoxy) is 2. The molecule has 3 aromatic rings. The molecule has 6 heteroatoms. The molecule has 29 heavy (non-hydrogen) atoms. The number of nitrogens with zero attached hydrogens (tertiary/aromatic N) is 1. The summed E-state index contributed by atoms with van der Waals surface area (Å²) in [5.74, 6) is 1.18. The zero-order valence-electron chi connectivity index (χ0n) is 16.3. The summed E-state index contributed by atoms with van der Waals surface area (Å²) in [5, 5.41) is 0.640. The van der Waals surface area contributed by atoms with Gasteiger partial charge < -0.3 is 13.9 Å².